The van der Waals surface area contributed by atoms with Gasteiger partial charge in [0, 0.05) is 18.8 Å². The smallest absolute Gasteiger partial charge is 0.258 e. The molecule has 1 heterocycles. The summed E-state index contributed by atoms with van der Waals surface area (Å²) < 4.78 is 27.1. The van der Waals surface area contributed by atoms with Crippen LogP contribution in [0.2, 0.25) is 0 Å². The third kappa shape index (κ3) is 3.52. The molecule has 106 valence electrons. The fourth-order valence-corrected chi connectivity index (χ4v) is 3.46. The molecule has 0 radical (unpaired) electrons. The third-order valence-corrected chi connectivity index (χ3v) is 5.13. The average Bonchev–Trinajstić information content (AvgIpc) is 2.27. The topological polar surface area (TPSA) is 71.1 Å². The van der Waals surface area contributed by atoms with Crippen molar-refractivity contribution >= 4 is 10.0 Å². The highest BCUT2D eigenvalue weighted by Crippen LogP contribution is 2.29. The molecule has 6 heteroatoms. The molecular weight excluding hydrogens is 262 g/mol. The largest absolute Gasteiger partial charge is 0.316 e. The summed E-state index contributed by atoms with van der Waals surface area (Å²) in [6.45, 7) is 2.61. The summed E-state index contributed by atoms with van der Waals surface area (Å²) in [5, 5.41) is 3.10. The van der Waals surface area contributed by atoms with E-state index in [0.29, 0.717) is 12.5 Å². The van der Waals surface area contributed by atoms with Gasteiger partial charge in [0.15, 0.2) is 5.03 Å². The van der Waals surface area contributed by atoms with Gasteiger partial charge in [0.05, 0.1) is 0 Å². The summed E-state index contributed by atoms with van der Waals surface area (Å²) in [4.78, 5) is 4.03. The van der Waals surface area contributed by atoms with Gasteiger partial charge in [0.25, 0.3) is 10.0 Å². The molecule has 2 rings (SSSR count). The maximum absolute atomic E-state index is 12.2. The second-order valence-electron chi connectivity index (χ2n) is 5.14. The Hall–Kier alpha value is -0.980. The zero-order chi connectivity index (χ0) is 13.9. The Bertz CT molecular complexity index is 509. The number of aromatic nitrogens is 1. The molecule has 2 N–H and O–H groups in total. The van der Waals surface area contributed by atoms with Crippen LogP contribution in [-0.4, -0.2) is 26.5 Å². The number of nitrogens with zero attached hydrogens (tertiary/aromatic N) is 1. The Morgan fingerprint density at radius 3 is 2.63 bits per heavy atom. The number of hydrogen-bond acceptors (Lipinski definition) is 4. The number of sulfonamides is 1. The fourth-order valence-electron chi connectivity index (χ4n) is 2.22. The molecule has 0 spiro atoms. The fraction of sp³-hybridized carbons (Fsp3) is 0.615. The van der Waals surface area contributed by atoms with Gasteiger partial charge in [0.2, 0.25) is 0 Å². The van der Waals surface area contributed by atoms with Gasteiger partial charge in [-0.1, -0.05) is 12.5 Å². The van der Waals surface area contributed by atoms with Crippen molar-refractivity contribution in [1.82, 2.24) is 15.0 Å². The van der Waals surface area contributed by atoms with Gasteiger partial charge in [-0.3, -0.25) is 0 Å². The van der Waals surface area contributed by atoms with E-state index in [4.69, 9.17) is 0 Å². The standard InChI is InChI=1S/C13H21N3O2S/c1-10(12-4-3-5-12)16-19(17,18)13-7-6-11(8-14-2)9-15-13/h6-7,9-10,12,14,16H,3-5,8H2,1-2H3. The lowest BCUT2D eigenvalue weighted by molar-refractivity contribution is 0.260. The van der Waals surface area contributed by atoms with E-state index < -0.39 is 10.0 Å². The Morgan fingerprint density at radius 1 is 1.42 bits per heavy atom. The van der Waals surface area contributed by atoms with E-state index >= 15 is 0 Å². The highest BCUT2D eigenvalue weighted by Gasteiger charge is 2.28. The zero-order valence-electron chi connectivity index (χ0n) is 11.4. The van der Waals surface area contributed by atoms with Crippen molar-refractivity contribution in [3.8, 4) is 0 Å². The van der Waals surface area contributed by atoms with Gasteiger partial charge < -0.3 is 5.32 Å². The zero-order valence-corrected chi connectivity index (χ0v) is 12.2. The summed E-state index contributed by atoms with van der Waals surface area (Å²) >= 11 is 0. The van der Waals surface area contributed by atoms with E-state index in [2.05, 4.69) is 15.0 Å². The van der Waals surface area contributed by atoms with Crippen molar-refractivity contribution < 1.29 is 8.42 Å². The highest BCUT2D eigenvalue weighted by atomic mass is 32.2. The Labute approximate surface area is 114 Å². The molecule has 1 aromatic rings. The van der Waals surface area contributed by atoms with E-state index in [1.54, 1.807) is 18.3 Å². The van der Waals surface area contributed by atoms with Gasteiger partial charge in [-0.05, 0) is 44.4 Å². The summed E-state index contributed by atoms with van der Waals surface area (Å²) in [7, 11) is -1.65. The van der Waals surface area contributed by atoms with Crippen molar-refractivity contribution in [3.05, 3.63) is 23.9 Å². The van der Waals surface area contributed by atoms with Gasteiger partial charge in [0.1, 0.15) is 0 Å². The molecule has 1 aliphatic carbocycles. The van der Waals surface area contributed by atoms with Gasteiger partial charge in [-0.25, -0.2) is 18.1 Å². The van der Waals surface area contributed by atoms with Crippen molar-refractivity contribution in [1.29, 1.82) is 0 Å². The summed E-state index contributed by atoms with van der Waals surface area (Å²) in [6.07, 6.45) is 5.02. The average molecular weight is 283 g/mol. The van der Waals surface area contributed by atoms with Gasteiger partial charge in [-0.2, -0.15) is 0 Å². The van der Waals surface area contributed by atoms with Gasteiger partial charge >= 0.3 is 0 Å². The second-order valence-corrected chi connectivity index (χ2v) is 6.80. The minimum Gasteiger partial charge on any atom is -0.316 e. The quantitative estimate of drug-likeness (QED) is 0.825. The van der Waals surface area contributed by atoms with Crippen LogP contribution in [0.5, 0.6) is 0 Å². The van der Waals surface area contributed by atoms with E-state index in [9.17, 15) is 8.42 Å². The first-order chi connectivity index (χ1) is 9.03. The maximum atomic E-state index is 12.2. The SMILES string of the molecule is CNCc1ccc(S(=O)(=O)NC(C)C2CCC2)nc1. The molecule has 1 unspecified atom stereocenters. The molecule has 1 atom stereocenters. The molecule has 0 amide bonds. The molecular formula is C13H21N3O2S. The van der Waals surface area contributed by atoms with E-state index in [0.717, 1.165) is 18.4 Å². The molecule has 1 saturated carbocycles. The van der Waals surface area contributed by atoms with Crippen molar-refractivity contribution in [3.63, 3.8) is 0 Å². The van der Waals surface area contributed by atoms with Gasteiger partial charge in [-0.15, -0.1) is 0 Å². The van der Waals surface area contributed by atoms with Crippen LogP contribution in [0.25, 0.3) is 0 Å². The predicted molar refractivity (Wildman–Crippen MR) is 74.1 cm³/mol. The van der Waals surface area contributed by atoms with Crippen molar-refractivity contribution in [2.24, 2.45) is 5.92 Å². The number of pyridine rings is 1. The monoisotopic (exact) mass is 283 g/mol. The highest BCUT2D eigenvalue weighted by molar-refractivity contribution is 7.89. The van der Waals surface area contributed by atoms with Crippen LogP contribution in [0.3, 0.4) is 0 Å². The van der Waals surface area contributed by atoms with Crippen LogP contribution in [0.1, 0.15) is 31.7 Å². The van der Waals surface area contributed by atoms with Crippen LogP contribution < -0.4 is 10.0 Å². The minimum atomic E-state index is -3.49. The lowest BCUT2D eigenvalue weighted by atomic mass is 9.81. The molecule has 1 aromatic heterocycles. The first-order valence-electron chi connectivity index (χ1n) is 6.65. The minimum absolute atomic E-state index is 0.0162. The first-order valence-corrected chi connectivity index (χ1v) is 8.13. The summed E-state index contributed by atoms with van der Waals surface area (Å²) in [5.74, 6) is 0.471. The second kappa shape index (κ2) is 5.98. The third-order valence-electron chi connectivity index (χ3n) is 3.65. The lowest BCUT2D eigenvalue weighted by Gasteiger charge is -2.31. The normalized spacial score (nSPS) is 18.0. The molecule has 0 bridgehead atoms. The summed E-state index contributed by atoms with van der Waals surface area (Å²) in [5.41, 5.74) is 0.966. The van der Waals surface area contributed by atoms with Crippen LogP contribution in [0.15, 0.2) is 23.4 Å². The lowest BCUT2D eigenvalue weighted by Crippen LogP contribution is -2.40. The van der Waals surface area contributed by atoms with Crippen LogP contribution in [0, 0.1) is 5.92 Å². The molecule has 0 aromatic carbocycles. The molecule has 0 saturated heterocycles. The number of hydrogen-bond donors (Lipinski definition) is 2. The van der Waals surface area contributed by atoms with E-state index in [-0.39, 0.29) is 11.1 Å². The molecule has 0 aliphatic heterocycles. The first kappa shape index (κ1) is 14.4. The van der Waals surface area contributed by atoms with Crippen LogP contribution in [-0.2, 0) is 16.6 Å². The number of nitrogens with one attached hydrogen (secondary N) is 2. The maximum Gasteiger partial charge on any atom is 0.258 e. The van der Waals surface area contributed by atoms with E-state index in [1.807, 2.05) is 14.0 Å². The predicted octanol–water partition coefficient (Wildman–Crippen LogP) is 1.27. The molecule has 19 heavy (non-hydrogen) atoms. The summed E-state index contributed by atoms with van der Waals surface area (Å²) in [6, 6.07) is 3.33. The van der Waals surface area contributed by atoms with Crippen LogP contribution in [0.4, 0.5) is 0 Å². The van der Waals surface area contributed by atoms with Crippen LogP contribution >= 0.6 is 0 Å². The van der Waals surface area contributed by atoms with Crippen molar-refractivity contribution in [2.45, 2.75) is 43.8 Å². The Kier molecular flexibility index (Phi) is 4.54. The Morgan fingerprint density at radius 2 is 2.16 bits per heavy atom. The number of rotatable bonds is 6. The van der Waals surface area contributed by atoms with E-state index in [1.165, 1.54) is 6.42 Å². The van der Waals surface area contributed by atoms with Crippen molar-refractivity contribution in [2.75, 3.05) is 7.05 Å². The molecule has 1 aliphatic rings. The molecule has 1 fully saturated rings. The Balaban J connectivity index is 2.05. The molecule has 5 nitrogen and oxygen atoms in total.